The Morgan fingerprint density at radius 1 is 1.11 bits per heavy atom. The minimum atomic E-state index is 0.426. The van der Waals surface area contributed by atoms with Gasteiger partial charge in [0.25, 0.3) is 0 Å². The summed E-state index contributed by atoms with van der Waals surface area (Å²) in [6.07, 6.45) is 8.00. The molecule has 0 aliphatic heterocycles. The van der Waals surface area contributed by atoms with E-state index in [4.69, 9.17) is 0 Å². The summed E-state index contributed by atoms with van der Waals surface area (Å²) in [6.45, 7) is 0. The van der Waals surface area contributed by atoms with E-state index in [1.54, 1.807) is 0 Å². The van der Waals surface area contributed by atoms with Crippen LogP contribution < -0.4 is 4.90 Å². The molecule has 1 aliphatic carbocycles. The summed E-state index contributed by atoms with van der Waals surface area (Å²) in [6, 6.07) is 8.54. The molecule has 0 bridgehead atoms. The molecule has 0 amide bonds. The fraction of sp³-hybridized carbons (Fsp3) is 0.438. The summed E-state index contributed by atoms with van der Waals surface area (Å²) < 4.78 is 0. The maximum absolute atomic E-state index is 11.2. The lowest BCUT2D eigenvalue weighted by Gasteiger charge is -2.17. The van der Waals surface area contributed by atoms with Crippen LogP contribution in [0.5, 0.6) is 0 Å². The number of rotatable bonds is 3. The molecular formula is C16H21NO. The van der Waals surface area contributed by atoms with Gasteiger partial charge in [-0.15, -0.1) is 0 Å². The van der Waals surface area contributed by atoms with Crippen LogP contribution in [0.4, 0.5) is 5.69 Å². The van der Waals surface area contributed by atoms with E-state index in [0.717, 1.165) is 25.7 Å². The summed E-state index contributed by atoms with van der Waals surface area (Å²) in [5.41, 5.74) is 2.45. The van der Waals surface area contributed by atoms with Crippen molar-refractivity contribution in [3.63, 3.8) is 0 Å². The Labute approximate surface area is 109 Å². The van der Waals surface area contributed by atoms with E-state index in [2.05, 4.69) is 41.3 Å². The highest BCUT2D eigenvalue weighted by Crippen LogP contribution is 2.23. The lowest BCUT2D eigenvalue weighted by molar-refractivity contribution is -0.120. The molecule has 0 N–H and O–H groups in total. The van der Waals surface area contributed by atoms with Gasteiger partial charge in [-0.25, -0.2) is 0 Å². The summed E-state index contributed by atoms with van der Waals surface area (Å²) in [4.78, 5) is 13.3. The summed E-state index contributed by atoms with van der Waals surface area (Å²) in [5, 5.41) is 0. The second-order valence-electron chi connectivity index (χ2n) is 5.22. The third-order valence-corrected chi connectivity index (χ3v) is 3.56. The van der Waals surface area contributed by atoms with Crippen LogP contribution >= 0.6 is 0 Å². The molecule has 0 atom stereocenters. The normalized spacial score (nSPS) is 17.3. The van der Waals surface area contributed by atoms with Crippen molar-refractivity contribution >= 4 is 17.5 Å². The smallest absolute Gasteiger partial charge is 0.132 e. The highest BCUT2D eigenvalue weighted by Gasteiger charge is 2.15. The molecule has 1 saturated carbocycles. The Bertz CT molecular complexity index is 421. The Morgan fingerprint density at radius 2 is 1.72 bits per heavy atom. The molecule has 0 radical (unpaired) electrons. The molecule has 2 rings (SSSR count). The van der Waals surface area contributed by atoms with Gasteiger partial charge < -0.3 is 4.90 Å². The van der Waals surface area contributed by atoms with Crippen molar-refractivity contribution in [2.45, 2.75) is 25.7 Å². The van der Waals surface area contributed by atoms with Crippen molar-refractivity contribution in [2.75, 3.05) is 19.0 Å². The van der Waals surface area contributed by atoms with Crippen LogP contribution in [0.15, 0.2) is 30.3 Å². The van der Waals surface area contributed by atoms with Crippen molar-refractivity contribution in [3.05, 3.63) is 35.9 Å². The van der Waals surface area contributed by atoms with Gasteiger partial charge in [-0.3, -0.25) is 4.79 Å². The molecule has 0 unspecified atom stereocenters. The van der Waals surface area contributed by atoms with E-state index in [1.807, 2.05) is 14.1 Å². The fourth-order valence-electron chi connectivity index (χ4n) is 2.29. The van der Waals surface area contributed by atoms with Gasteiger partial charge in [-0.2, -0.15) is 0 Å². The van der Waals surface area contributed by atoms with E-state index in [-0.39, 0.29) is 0 Å². The average molecular weight is 243 g/mol. The van der Waals surface area contributed by atoms with Crippen molar-refractivity contribution in [1.82, 2.24) is 0 Å². The van der Waals surface area contributed by atoms with Gasteiger partial charge in [0.05, 0.1) is 0 Å². The van der Waals surface area contributed by atoms with Crippen molar-refractivity contribution in [1.29, 1.82) is 0 Å². The lowest BCUT2D eigenvalue weighted by Crippen LogP contribution is -2.11. The molecule has 2 heteroatoms. The van der Waals surface area contributed by atoms with Gasteiger partial charge >= 0.3 is 0 Å². The zero-order valence-corrected chi connectivity index (χ0v) is 11.2. The first-order valence-corrected chi connectivity index (χ1v) is 6.62. The van der Waals surface area contributed by atoms with Crippen LogP contribution in [0, 0.1) is 5.92 Å². The summed E-state index contributed by atoms with van der Waals surface area (Å²) >= 11 is 0. The Hall–Kier alpha value is -1.57. The first-order valence-electron chi connectivity index (χ1n) is 6.62. The minimum absolute atomic E-state index is 0.426. The molecule has 2 nitrogen and oxygen atoms in total. The first kappa shape index (κ1) is 12.9. The molecule has 0 aromatic heterocycles. The van der Waals surface area contributed by atoms with Crippen LogP contribution in [0.2, 0.25) is 0 Å². The largest absolute Gasteiger partial charge is 0.378 e. The second-order valence-corrected chi connectivity index (χ2v) is 5.22. The Morgan fingerprint density at radius 3 is 2.28 bits per heavy atom. The zero-order valence-electron chi connectivity index (χ0n) is 11.2. The molecule has 1 aromatic rings. The van der Waals surface area contributed by atoms with Gasteiger partial charge in [-0.05, 0) is 36.5 Å². The van der Waals surface area contributed by atoms with Crippen LogP contribution in [0.25, 0.3) is 6.08 Å². The van der Waals surface area contributed by atoms with Gasteiger partial charge in [0.1, 0.15) is 5.78 Å². The molecule has 18 heavy (non-hydrogen) atoms. The molecule has 96 valence electrons. The number of hydrogen-bond donors (Lipinski definition) is 0. The molecule has 0 heterocycles. The van der Waals surface area contributed by atoms with Crippen molar-refractivity contribution < 1.29 is 4.79 Å². The number of hydrogen-bond acceptors (Lipinski definition) is 2. The Kier molecular flexibility index (Phi) is 4.19. The lowest BCUT2D eigenvalue weighted by atomic mass is 9.88. The summed E-state index contributed by atoms with van der Waals surface area (Å²) in [7, 11) is 4.09. The quantitative estimate of drug-likeness (QED) is 0.809. The number of Topliss-reactive ketones (excluding diaryl/α,β-unsaturated/α-hetero) is 1. The van der Waals surface area contributed by atoms with E-state index in [0.29, 0.717) is 11.7 Å². The number of ketones is 1. The van der Waals surface area contributed by atoms with Gasteiger partial charge in [0, 0.05) is 32.6 Å². The maximum atomic E-state index is 11.2. The zero-order chi connectivity index (χ0) is 13.0. The monoisotopic (exact) mass is 243 g/mol. The summed E-state index contributed by atoms with van der Waals surface area (Å²) in [5.74, 6) is 1.01. The topological polar surface area (TPSA) is 20.3 Å². The number of benzene rings is 1. The third kappa shape index (κ3) is 3.46. The average Bonchev–Trinajstić information content (AvgIpc) is 2.38. The predicted molar refractivity (Wildman–Crippen MR) is 76.8 cm³/mol. The Balaban J connectivity index is 1.94. The molecule has 0 spiro atoms. The van der Waals surface area contributed by atoms with Crippen LogP contribution in [0.1, 0.15) is 31.2 Å². The molecule has 1 aromatic carbocycles. The maximum Gasteiger partial charge on any atom is 0.132 e. The van der Waals surface area contributed by atoms with Crippen LogP contribution in [-0.4, -0.2) is 19.9 Å². The van der Waals surface area contributed by atoms with Crippen molar-refractivity contribution in [3.8, 4) is 0 Å². The number of carbonyl (C=O) groups is 1. The van der Waals surface area contributed by atoms with E-state index in [1.165, 1.54) is 11.3 Å². The van der Waals surface area contributed by atoms with E-state index in [9.17, 15) is 4.79 Å². The predicted octanol–water partition coefficient (Wildman–Crippen LogP) is 3.53. The molecule has 1 fully saturated rings. The molecular weight excluding hydrogens is 222 g/mol. The van der Waals surface area contributed by atoms with Gasteiger partial charge in [0.2, 0.25) is 0 Å². The van der Waals surface area contributed by atoms with E-state index >= 15 is 0 Å². The number of allylic oxidation sites excluding steroid dienone is 1. The highest BCUT2D eigenvalue weighted by molar-refractivity contribution is 5.79. The highest BCUT2D eigenvalue weighted by atomic mass is 16.1. The van der Waals surface area contributed by atoms with Crippen molar-refractivity contribution in [2.24, 2.45) is 5.92 Å². The standard InChI is InChI=1S/C16H21NO/c1-17(2)15-9-5-13(6-10-15)3-4-14-7-11-16(18)12-8-14/h3-6,9-10,14H,7-8,11-12H2,1-2H3. The molecule has 1 aliphatic rings. The number of nitrogens with zero attached hydrogens (tertiary/aromatic N) is 1. The first-order chi connectivity index (χ1) is 8.65. The van der Waals surface area contributed by atoms with Gasteiger partial charge in [0.15, 0.2) is 0 Å². The van der Waals surface area contributed by atoms with Gasteiger partial charge in [-0.1, -0.05) is 24.3 Å². The van der Waals surface area contributed by atoms with E-state index < -0.39 is 0 Å². The van der Waals surface area contributed by atoms with Crippen LogP contribution in [0.3, 0.4) is 0 Å². The fourth-order valence-corrected chi connectivity index (χ4v) is 2.29. The second kappa shape index (κ2) is 5.85. The number of anilines is 1. The third-order valence-electron chi connectivity index (χ3n) is 3.56. The number of carbonyl (C=O) groups excluding carboxylic acids is 1. The minimum Gasteiger partial charge on any atom is -0.378 e. The SMILES string of the molecule is CN(C)c1ccc(C=CC2CCC(=O)CC2)cc1. The van der Waals surface area contributed by atoms with Crippen LogP contribution in [-0.2, 0) is 4.79 Å². The molecule has 0 saturated heterocycles.